The number of carbonyl (C=O) groups excluding carboxylic acids is 1. The normalized spacial score (nSPS) is 11.9. The largest absolute Gasteiger partial charge is 0.494 e. The summed E-state index contributed by atoms with van der Waals surface area (Å²) in [5.74, 6) is 1.44. The van der Waals surface area contributed by atoms with Crippen molar-refractivity contribution in [2.45, 2.75) is 33.2 Å². The van der Waals surface area contributed by atoms with Crippen molar-refractivity contribution in [1.82, 2.24) is 24.5 Å². The van der Waals surface area contributed by atoms with Crippen LogP contribution in [0.5, 0.6) is 5.75 Å². The van der Waals surface area contributed by atoms with Gasteiger partial charge in [0, 0.05) is 37.5 Å². The Balaban J connectivity index is 1.43. The van der Waals surface area contributed by atoms with E-state index in [2.05, 4.69) is 15.5 Å². The first kappa shape index (κ1) is 22.3. The Hall–Kier alpha value is -3.94. The van der Waals surface area contributed by atoms with Crippen LogP contribution in [0.15, 0.2) is 71.8 Å². The summed E-state index contributed by atoms with van der Waals surface area (Å²) in [5.41, 5.74) is 1.78. The minimum Gasteiger partial charge on any atom is -0.494 e. The van der Waals surface area contributed by atoms with Crippen molar-refractivity contribution in [3.8, 4) is 11.4 Å². The van der Waals surface area contributed by atoms with E-state index < -0.39 is 0 Å². The van der Waals surface area contributed by atoms with Crippen LogP contribution >= 0.6 is 0 Å². The average molecular weight is 446 g/mol. The maximum Gasteiger partial charge on any atom is 0.300 e. The number of hydrogen-bond donors (Lipinski definition) is 1. The highest BCUT2D eigenvalue weighted by Gasteiger charge is 2.16. The van der Waals surface area contributed by atoms with E-state index in [9.17, 15) is 9.59 Å². The van der Waals surface area contributed by atoms with E-state index in [0.717, 1.165) is 17.0 Å². The third-order valence-corrected chi connectivity index (χ3v) is 5.36. The zero-order valence-electron chi connectivity index (χ0n) is 18.8. The van der Waals surface area contributed by atoms with Crippen LogP contribution in [-0.2, 0) is 17.8 Å². The SMILES string of the molecule is CCOc1ccc(-n2ccn3c(C[C@@H](C)CC(=O)NCc4ccccc4)nnc3c2=O)cc1. The van der Waals surface area contributed by atoms with Gasteiger partial charge in [0.25, 0.3) is 0 Å². The highest BCUT2D eigenvalue weighted by Crippen LogP contribution is 2.15. The summed E-state index contributed by atoms with van der Waals surface area (Å²) in [6.07, 6.45) is 4.39. The quantitative estimate of drug-likeness (QED) is 0.427. The smallest absolute Gasteiger partial charge is 0.300 e. The molecular formula is C25H27N5O3. The summed E-state index contributed by atoms with van der Waals surface area (Å²) in [6, 6.07) is 17.1. The first-order valence-electron chi connectivity index (χ1n) is 11.0. The number of nitrogens with zero attached hydrogens (tertiary/aromatic N) is 4. The van der Waals surface area contributed by atoms with Gasteiger partial charge in [-0.15, -0.1) is 10.2 Å². The molecule has 0 aliphatic heterocycles. The van der Waals surface area contributed by atoms with Crippen LogP contribution in [0.3, 0.4) is 0 Å². The second-order valence-corrected chi connectivity index (χ2v) is 7.99. The first-order valence-corrected chi connectivity index (χ1v) is 11.0. The van der Waals surface area contributed by atoms with Gasteiger partial charge in [-0.2, -0.15) is 0 Å². The molecule has 8 nitrogen and oxygen atoms in total. The molecule has 0 unspecified atom stereocenters. The highest BCUT2D eigenvalue weighted by molar-refractivity contribution is 5.76. The lowest BCUT2D eigenvalue weighted by molar-refractivity contribution is -0.122. The molecule has 0 spiro atoms. The molecule has 2 heterocycles. The van der Waals surface area contributed by atoms with E-state index >= 15 is 0 Å². The van der Waals surface area contributed by atoms with Crippen LogP contribution in [0.25, 0.3) is 11.3 Å². The van der Waals surface area contributed by atoms with Crippen LogP contribution in [0.2, 0.25) is 0 Å². The van der Waals surface area contributed by atoms with E-state index in [-0.39, 0.29) is 23.0 Å². The van der Waals surface area contributed by atoms with Crippen molar-refractivity contribution in [1.29, 1.82) is 0 Å². The lowest BCUT2D eigenvalue weighted by Crippen LogP contribution is -2.25. The molecule has 0 aliphatic rings. The lowest BCUT2D eigenvalue weighted by Gasteiger charge is -2.11. The third kappa shape index (κ3) is 5.28. The van der Waals surface area contributed by atoms with Crippen LogP contribution < -0.4 is 15.6 Å². The molecule has 0 saturated carbocycles. The second-order valence-electron chi connectivity index (χ2n) is 7.99. The number of benzene rings is 2. The Morgan fingerprint density at radius 1 is 1.06 bits per heavy atom. The van der Waals surface area contributed by atoms with Gasteiger partial charge in [-0.1, -0.05) is 37.3 Å². The number of aromatic nitrogens is 4. The monoisotopic (exact) mass is 445 g/mol. The molecule has 0 saturated heterocycles. The van der Waals surface area contributed by atoms with Crippen molar-refractivity contribution in [3.63, 3.8) is 0 Å². The number of amides is 1. The second kappa shape index (κ2) is 10.1. The molecule has 0 radical (unpaired) electrons. The van der Waals surface area contributed by atoms with Crippen molar-refractivity contribution < 1.29 is 9.53 Å². The Morgan fingerprint density at radius 2 is 1.82 bits per heavy atom. The maximum absolute atomic E-state index is 13.0. The van der Waals surface area contributed by atoms with Gasteiger partial charge in [0.2, 0.25) is 11.6 Å². The molecule has 2 aromatic heterocycles. The number of carbonyl (C=O) groups is 1. The Kier molecular flexibility index (Phi) is 6.83. The number of nitrogens with one attached hydrogen (secondary N) is 1. The lowest BCUT2D eigenvalue weighted by atomic mass is 10.0. The molecule has 8 heteroatoms. The van der Waals surface area contributed by atoms with Gasteiger partial charge in [0.1, 0.15) is 11.6 Å². The van der Waals surface area contributed by atoms with Gasteiger partial charge in [0.15, 0.2) is 0 Å². The average Bonchev–Trinajstić information content (AvgIpc) is 3.23. The summed E-state index contributed by atoms with van der Waals surface area (Å²) >= 11 is 0. The van der Waals surface area contributed by atoms with Gasteiger partial charge in [-0.3, -0.25) is 18.6 Å². The molecule has 1 atom stereocenters. The van der Waals surface area contributed by atoms with Crippen LogP contribution in [0.1, 0.15) is 31.7 Å². The molecule has 33 heavy (non-hydrogen) atoms. The van der Waals surface area contributed by atoms with Crippen molar-refractivity contribution in [2.75, 3.05) is 6.61 Å². The van der Waals surface area contributed by atoms with Crippen molar-refractivity contribution in [2.24, 2.45) is 5.92 Å². The summed E-state index contributed by atoms with van der Waals surface area (Å²) in [5, 5.41) is 11.3. The van der Waals surface area contributed by atoms with E-state index in [1.165, 1.54) is 4.57 Å². The fourth-order valence-corrected chi connectivity index (χ4v) is 3.72. The Labute approximate surface area is 191 Å². The van der Waals surface area contributed by atoms with E-state index in [1.807, 2.05) is 68.4 Å². The molecule has 0 bridgehead atoms. The Morgan fingerprint density at radius 3 is 2.55 bits per heavy atom. The van der Waals surface area contributed by atoms with Gasteiger partial charge < -0.3 is 10.1 Å². The minimum absolute atomic E-state index is 0.0157. The molecule has 0 fully saturated rings. The molecule has 4 rings (SSSR count). The molecule has 1 N–H and O–H groups in total. The number of ether oxygens (including phenoxy) is 1. The summed E-state index contributed by atoms with van der Waals surface area (Å²) in [4.78, 5) is 25.3. The zero-order chi connectivity index (χ0) is 23.2. The van der Waals surface area contributed by atoms with Crippen LogP contribution in [0, 0.1) is 5.92 Å². The van der Waals surface area contributed by atoms with Crippen LogP contribution in [0.4, 0.5) is 0 Å². The molecule has 1 amide bonds. The summed E-state index contributed by atoms with van der Waals surface area (Å²) in [6.45, 7) is 5.00. The highest BCUT2D eigenvalue weighted by atomic mass is 16.5. The molecule has 0 aliphatic carbocycles. The Bertz CT molecular complexity index is 1280. The fraction of sp³-hybridized carbons (Fsp3) is 0.280. The molecule has 4 aromatic rings. The van der Waals surface area contributed by atoms with Gasteiger partial charge >= 0.3 is 5.56 Å². The van der Waals surface area contributed by atoms with Gasteiger partial charge in [-0.25, -0.2) is 0 Å². The fourth-order valence-electron chi connectivity index (χ4n) is 3.72. The first-order chi connectivity index (χ1) is 16.0. The zero-order valence-corrected chi connectivity index (χ0v) is 18.8. The van der Waals surface area contributed by atoms with Crippen molar-refractivity contribution >= 4 is 11.6 Å². The minimum atomic E-state index is -0.256. The molecular weight excluding hydrogens is 418 g/mol. The van der Waals surface area contributed by atoms with Gasteiger partial charge in [-0.05, 0) is 42.7 Å². The molecule has 2 aromatic carbocycles. The number of fused-ring (bicyclic) bond motifs is 1. The summed E-state index contributed by atoms with van der Waals surface area (Å²) < 4.78 is 8.69. The number of rotatable bonds is 9. The van der Waals surface area contributed by atoms with Crippen LogP contribution in [-0.4, -0.2) is 31.7 Å². The predicted molar refractivity (Wildman–Crippen MR) is 126 cm³/mol. The van der Waals surface area contributed by atoms with E-state index in [0.29, 0.717) is 31.8 Å². The number of hydrogen-bond acceptors (Lipinski definition) is 5. The van der Waals surface area contributed by atoms with E-state index in [4.69, 9.17) is 4.74 Å². The third-order valence-electron chi connectivity index (χ3n) is 5.36. The van der Waals surface area contributed by atoms with E-state index in [1.54, 1.807) is 16.8 Å². The predicted octanol–water partition coefficient (Wildman–Crippen LogP) is 3.16. The standard InChI is InChI=1S/C25H27N5O3/c1-3-33-21-11-9-20(10-12-21)29-13-14-30-22(27-28-24(30)25(29)32)15-18(2)16-23(31)26-17-19-7-5-4-6-8-19/h4-14,18H,3,15-17H2,1-2H3,(H,26,31)/t18-/m1/s1. The summed E-state index contributed by atoms with van der Waals surface area (Å²) in [7, 11) is 0. The molecule has 170 valence electrons. The van der Waals surface area contributed by atoms with Crippen molar-refractivity contribution in [3.05, 3.63) is 88.7 Å². The topological polar surface area (TPSA) is 90.5 Å². The van der Waals surface area contributed by atoms with Gasteiger partial charge in [0.05, 0.1) is 6.61 Å². The maximum atomic E-state index is 13.0.